The summed E-state index contributed by atoms with van der Waals surface area (Å²) < 4.78 is 8.16. The highest BCUT2D eigenvalue weighted by molar-refractivity contribution is 5.89. The predicted molar refractivity (Wildman–Crippen MR) is 168 cm³/mol. The molecule has 2 heterocycles. The quantitative estimate of drug-likeness (QED) is 0.186. The van der Waals surface area contributed by atoms with Crippen molar-refractivity contribution in [1.82, 2.24) is 14.5 Å². The van der Waals surface area contributed by atoms with E-state index >= 15 is 0 Å². The molecule has 6 nitrogen and oxygen atoms in total. The summed E-state index contributed by atoms with van der Waals surface area (Å²) >= 11 is 0. The van der Waals surface area contributed by atoms with Gasteiger partial charge in [-0.05, 0) is 50.2 Å². The van der Waals surface area contributed by atoms with Gasteiger partial charge in [0.2, 0.25) is 0 Å². The van der Waals surface area contributed by atoms with E-state index in [4.69, 9.17) is 14.7 Å². The molecule has 4 aromatic rings. The van der Waals surface area contributed by atoms with Crippen molar-refractivity contribution >= 4 is 22.7 Å². The Kier molecular flexibility index (Phi) is 9.19. The maximum absolute atomic E-state index is 5.94. The molecule has 0 atom stereocenters. The zero-order valence-electron chi connectivity index (χ0n) is 25.7. The normalized spacial score (nSPS) is 12.2. The van der Waals surface area contributed by atoms with Gasteiger partial charge < -0.3 is 19.5 Å². The number of pyridine rings is 1. The van der Waals surface area contributed by atoms with Gasteiger partial charge in [-0.3, -0.25) is 0 Å². The number of aryl methyl sites for hydroxylation is 3. The Labute approximate surface area is 240 Å². The summed E-state index contributed by atoms with van der Waals surface area (Å²) in [7, 11) is 4.23. The second kappa shape index (κ2) is 12.4. The van der Waals surface area contributed by atoms with Crippen LogP contribution in [0.3, 0.4) is 0 Å². The van der Waals surface area contributed by atoms with Crippen LogP contribution in [0.25, 0.3) is 11.0 Å². The van der Waals surface area contributed by atoms with Gasteiger partial charge in [-0.25, -0.2) is 9.97 Å². The number of fused-ring (bicyclic) bond motifs is 1. The minimum Gasteiger partial charge on any atom is -0.377 e. The highest BCUT2D eigenvalue weighted by Crippen LogP contribution is 2.33. The summed E-state index contributed by atoms with van der Waals surface area (Å²) in [6.07, 6.45) is 2.76. The molecule has 0 bridgehead atoms. The Morgan fingerprint density at radius 2 is 1.65 bits per heavy atom. The van der Waals surface area contributed by atoms with E-state index in [1.807, 2.05) is 18.2 Å². The molecule has 40 heavy (non-hydrogen) atoms. The lowest BCUT2D eigenvalue weighted by atomic mass is 9.82. The molecule has 0 saturated carbocycles. The Hall–Kier alpha value is -3.38. The smallest absolute Gasteiger partial charge is 0.157 e. The molecule has 0 aliphatic carbocycles. The first-order valence-electron chi connectivity index (χ1n) is 14.4. The summed E-state index contributed by atoms with van der Waals surface area (Å²) in [5.41, 5.74) is 5.80. The van der Waals surface area contributed by atoms with Crippen molar-refractivity contribution in [3.05, 3.63) is 83.2 Å². The fourth-order valence-electron chi connectivity index (χ4n) is 5.68. The molecule has 0 radical (unpaired) electrons. The van der Waals surface area contributed by atoms with Crippen molar-refractivity contribution in [1.29, 1.82) is 0 Å². The minimum absolute atomic E-state index is 0.144. The second-order valence-corrected chi connectivity index (χ2v) is 13.0. The molecule has 0 unspecified atom stereocenters. The highest BCUT2D eigenvalue weighted by Gasteiger charge is 2.27. The predicted octanol–water partition coefficient (Wildman–Crippen LogP) is 7.69. The molecule has 1 N–H and O–H groups in total. The average Bonchev–Trinajstić information content (AvgIpc) is 3.18. The molecule has 6 heteroatoms. The van der Waals surface area contributed by atoms with Crippen molar-refractivity contribution in [2.24, 2.45) is 12.5 Å². The van der Waals surface area contributed by atoms with E-state index in [1.54, 1.807) is 0 Å². The number of nitrogens with one attached hydrogen (secondary N) is 1. The number of hydrogen-bond acceptors (Lipinski definition) is 5. The average molecular weight is 542 g/mol. The first kappa shape index (κ1) is 29.6. The van der Waals surface area contributed by atoms with Crippen LogP contribution in [0.15, 0.2) is 60.7 Å². The third-order valence-corrected chi connectivity index (χ3v) is 7.07. The van der Waals surface area contributed by atoms with Crippen LogP contribution in [0, 0.1) is 12.3 Å². The van der Waals surface area contributed by atoms with E-state index in [0.717, 1.165) is 54.3 Å². The van der Waals surface area contributed by atoms with Crippen molar-refractivity contribution in [2.75, 3.05) is 23.9 Å². The zero-order valence-corrected chi connectivity index (χ0v) is 25.7. The lowest BCUT2D eigenvalue weighted by molar-refractivity contribution is 0.118. The van der Waals surface area contributed by atoms with Gasteiger partial charge in [0, 0.05) is 45.3 Å². The number of anilines is 2. The molecular weight excluding hydrogens is 494 g/mol. The second-order valence-electron chi connectivity index (χ2n) is 13.0. The van der Waals surface area contributed by atoms with E-state index in [9.17, 15) is 0 Å². The number of hydrogen-bond donors (Lipinski definition) is 1. The minimum atomic E-state index is -0.144. The number of benzene rings is 2. The van der Waals surface area contributed by atoms with Gasteiger partial charge in [0.15, 0.2) is 5.82 Å². The van der Waals surface area contributed by atoms with Gasteiger partial charge in [0.25, 0.3) is 0 Å². The first-order valence-corrected chi connectivity index (χ1v) is 14.4. The molecule has 0 aliphatic rings. The molecule has 4 rings (SSSR count). The van der Waals surface area contributed by atoms with E-state index in [0.29, 0.717) is 13.2 Å². The van der Waals surface area contributed by atoms with Crippen molar-refractivity contribution in [2.45, 2.75) is 79.5 Å². The van der Waals surface area contributed by atoms with E-state index in [2.05, 4.69) is 113 Å². The molecule has 0 aliphatic heterocycles. The lowest BCUT2D eigenvalue weighted by Crippen LogP contribution is -2.36. The molecule has 2 aromatic carbocycles. The van der Waals surface area contributed by atoms with E-state index < -0.39 is 0 Å². The monoisotopic (exact) mass is 541 g/mol. The highest BCUT2D eigenvalue weighted by atomic mass is 16.5. The standard InChI is InChI=1S/C34H47N5O/c1-25-14-12-17-27(20-25)22-38(7)30-21-28-31(32(36-30)37-34(5,6)24-33(2,3)4)35-29(39(28)8)18-13-19-40-23-26-15-10-9-11-16-26/h9-12,14-17,20-21H,13,18-19,22-24H2,1-8H3,(H,36,37). The van der Waals surface area contributed by atoms with Crippen LogP contribution < -0.4 is 10.2 Å². The van der Waals surface area contributed by atoms with Gasteiger partial charge in [-0.15, -0.1) is 0 Å². The van der Waals surface area contributed by atoms with Crippen LogP contribution >= 0.6 is 0 Å². The molecule has 0 fully saturated rings. The molecule has 214 valence electrons. The van der Waals surface area contributed by atoms with Gasteiger partial charge in [0.05, 0.1) is 12.1 Å². The molecule has 0 amide bonds. The number of imidazole rings is 1. The summed E-state index contributed by atoms with van der Waals surface area (Å²) in [6.45, 7) is 15.6. The van der Waals surface area contributed by atoms with Crippen molar-refractivity contribution in [3.8, 4) is 0 Å². The number of ether oxygens (including phenoxy) is 1. The van der Waals surface area contributed by atoms with Crippen molar-refractivity contribution < 1.29 is 4.74 Å². The van der Waals surface area contributed by atoms with Gasteiger partial charge in [-0.1, -0.05) is 80.9 Å². The number of aromatic nitrogens is 3. The molecular formula is C34H47N5O. The zero-order chi connectivity index (χ0) is 28.9. The summed E-state index contributed by atoms with van der Waals surface area (Å²) in [5.74, 6) is 2.83. The van der Waals surface area contributed by atoms with Crippen LogP contribution in [0.4, 0.5) is 11.6 Å². The van der Waals surface area contributed by atoms with Crippen LogP contribution in [-0.2, 0) is 31.4 Å². The van der Waals surface area contributed by atoms with Gasteiger partial charge >= 0.3 is 0 Å². The summed E-state index contributed by atoms with van der Waals surface area (Å²) in [5, 5.41) is 3.78. The molecule has 2 aromatic heterocycles. The Balaban J connectivity index is 1.58. The molecule has 0 saturated heterocycles. The topological polar surface area (TPSA) is 55.2 Å². The fraction of sp³-hybridized carbons (Fsp3) is 0.471. The Morgan fingerprint density at radius 3 is 2.35 bits per heavy atom. The van der Waals surface area contributed by atoms with Gasteiger partial charge in [0.1, 0.15) is 17.2 Å². The Morgan fingerprint density at radius 1 is 0.925 bits per heavy atom. The molecule has 0 spiro atoms. The van der Waals surface area contributed by atoms with Crippen LogP contribution in [0.5, 0.6) is 0 Å². The summed E-state index contributed by atoms with van der Waals surface area (Å²) in [6, 6.07) is 21.2. The maximum Gasteiger partial charge on any atom is 0.157 e. The Bertz CT molecular complexity index is 1400. The maximum atomic E-state index is 5.94. The fourth-order valence-corrected chi connectivity index (χ4v) is 5.68. The first-order chi connectivity index (χ1) is 18.9. The number of rotatable bonds is 12. The van der Waals surface area contributed by atoms with Gasteiger partial charge in [-0.2, -0.15) is 0 Å². The number of nitrogens with zero attached hydrogens (tertiary/aromatic N) is 4. The summed E-state index contributed by atoms with van der Waals surface area (Å²) in [4.78, 5) is 12.5. The third kappa shape index (κ3) is 8.07. The van der Waals surface area contributed by atoms with Crippen LogP contribution in [0.1, 0.15) is 70.0 Å². The lowest BCUT2D eigenvalue weighted by Gasteiger charge is -2.34. The largest absolute Gasteiger partial charge is 0.377 e. The SMILES string of the molecule is Cc1cccc(CN(C)c2cc3c(nc(CCCOCc4ccccc4)n3C)c(NC(C)(C)CC(C)(C)C)n2)c1. The van der Waals surface area contributed by atoms with E-state index in [-0.39, 0.29) is 11.0 Å². The van der Waals surface area contributed by atoms with E-state index in [1.165, 1.54) is 16.7 Å². The van der Waals surface area contributed by atoms with Crippen molar-refractivity contribution in [3.63, 3.8) is 0 Å². The van der Waals surface area contributed by atoms with Crippen LogP contribution in [-0.4, -0.2) is 33.7 Å². The third-order valence-electron chi connectivity index (χ3n) is 7.07. The van der Waals surface area contributed by atoms with Crippen LogP contribution in [0.2, 0.25) is 0 Å².